The summed E-state index contributed by atoms with van der Waals surface area (Å²) in [4.78, 5) is 24.0. The molecule has 7 heteroatoms. The van der Waals surface area contributed by atoms with E-state index in [9.17, 15) is 9.59 Å². The van der Waals surface area contributed by atoms with Crippen molar-refractivity contribution >= 4 is 23.3 Å². The fourth-order valence-electron chi connectivity index (χ4n) is 3.69. The molecule has 0 aliphatic heterocycles. The fraction of sp³-hybridized carbons (Fsp3) is 0.409. The molecule has 0 atom stereocenters. The van der Waals surface area contributed by atoms with Gasteiger partial charge in [-0.2, -0.15) is 5.10 Å². The highest BCUT2D eigenvalue weighted by Gasteiger charge is 2.36. The van der Waals surface area contributed by atoms with E-state index in [2.05, 4.69) is 43.5 Å². The first-order valence-corrected chi connectivity index (χ1v) is 9.73. The number of rotatable bonds is 4. The van der Waals surface area contributed by atoms with Crippen molar-refractivity contribution in [2.45, 2.75) is 53.4 Å². The van der Waals surface area contributed by atoms with Gasteiger partial charge in [0.2, 0.25) is 0 Å². The monoisotopic (exact) mass is 396 g/mol. The second-order valence-electron chi connectivity index (χ2n) is 8.64. The van der Waals surface area contributed by atoms with E-state index in [1.807, 2.05) is 31.2 Å². The summed E-state index contributed by atoms with van der Waals surface area (Å²) in [6.07, 6.45) is 1.31. The molecular formula is C22H28N4O3. The molecule has 1 aromatic carbocycles. The molecule has 1 heterocycles. The molecule has 1 aliphatic rings. The van der Waals surface area contributed by atoms with Gasteiger partial charge in [0.05, 0.1) is 5.71 Å². The maximum absolute atomic E-state index is 12.9. The summed E-state index contributed by atoms with van der Waals surface area (Å²) in [6, 6.07) is 7.05. The largest absolute Gasteiger partial charge is 0.455 e. The molecule has 0 unspecified atom stereocenters. The van der Waals surface area contributed by atoms with Crippen LogP contribution in [0.15, 0.2) is 33.8 Å². The van der Waals surface area contributed by atoms with Gasteiger partial charge in [-0.05, 0) is 42.4 Å². The molecular weight excluding hydrogens is 368 g/mol. The number of carbonyl (C=O) groups excluding carboxylic acids is 2. The molecule has 2 aromatic rings. The van der Waals surface area contributed by atoms with E-state index in [4.69, 9.17) is 10.2 Å². The quantitative estimate of drug-likeness (QED) is 0.670. The maximum Gasteiger partial charge on any atom is 0.332 e. The molecule has 0 saturated carbocycles. The lowest BCUT2D eigenvalue weighted by atomic mass is 9.75. The van der Waals surface area contributed by atoms with Gasteiger partial charge in [0.1, 0.15) is 5.76 Å². The average Bonchev–Trinajstić information content (AvgIpc) is 2.95. The minimum Gasteiger partial charge on any atom is -0.455 e. The summed E-state index contributed by atoms with van der Waals surface area (Å²) in [5, 5.41) is 7.06. The number of amides is 3. The zero-order chi connectivity index (χ0) is 21.3. The molecule has 1 aromatic heterocycles. The van der Waals surface area contributed by atoms with Crippen LogP contribution in [-0.4, -0.2) is 17.6 Å². The molecule has 29 heavy (non-hydrogen) atoms. The van der Waals surface area contributed by atoms with E-state index in [0.717, 1.165) is 5.56 Å². The van der Waals surface area contributed by atoms with Crippen molar-refractivity contribution in [3.8, 4) is 0 Å². The number of nitrogens with one attached hydrogen (secondary N) is 2. The number of primary amides is 1. The first-order valence-electron chi connectivity index (χ1n) is 9.73. The first-order chi connectivity index (χ1) is 13.6. The summed E-state index contributed by atoms with van der Waals surface area (Å²) in [5.74, 6) is 1.07. The Bertz CT molecular complexity index is 969. The summed E-state index contributed by atoms with van der Waals surface area (Å²) in [7, 11) is 0. The van der Waals surface area contributed by atoms with E-state index in [1.165, 1.54) is 5.56 Å². The number of carbonyl (C=O) groups is 2. The molecule has 4 N–H and O–H groups in total. The van der Waals surface area contributed by atoms with Gasteiger partial charge < -0.3 is 15.5 Å². The van der Waals surface area contributed by atoms with E-state index >= 15 is 0 Å². The molecule has 0 bridgehead atoms. The van der Waals surface area contributed by atoms with Crippen molar-refractivity contribution in [1.82, 2.24) is 5.43 Å². The van der Waals surface area contributed by atoms with Crippen LogP contribution in [0.1, 0.15) is 73.0 Å². The molecule has 0 radical (unpaired) electrons. The number of hydrogen-bond acceptors (Lipinski definition) is 4. The average molecular weight is 396 g/mol. The predicted octanol–water partition coefficient (Wildman–Crippen LogP) is 4.31. The highest BCUT2D eigenvalue weighted by atomic mass is 16.4. The zero-order valence-corrected chi connectivity index (χ0v) is 17.6. The van der Waals surface area contributed by atoms with Crippen LogP contribution in [0.4, 0.5) is 10.5 Å². The zero-order valence-electron chi connectivity index (χ0n) is 17.6. The van der Waals surface area contributed by atoms with Gasteiger partial charge in [-0.1, -0.05) is 39.8 Å². The minimum atomic E-state index is -0.730. The van der Waals surface area contributed by atoms with E-state index in [1.54, 1.807) is 0 Å². The fourth-order valence-corrected chi connectivity index (χ4v) is 3.69. The van der Waals surface area contributed by atoms with Crippen molar-refractivity contribution in [2.75, 3.05) is 5.32 Å². The van der Waals surface area contributed by atoms with E-state index < -0.39 is 6.03 Å². The van der Waals surface area contributed by atoms with Crippen molar-refractivity contribution in [1.29, 1.82) is 0 Å². The van der Waals surface area contributed by atoms with Crippen LogP contribution in [0, 0.1) is 12.3 Å². The lowest BCUT2D eigenvalue weighted by molar-refractivity contribution is 0.0993. The Balaban J connectivity index is 1.90. The number of nitrogens with zero attached hydrogens (tertiary/aromatic N) is 1. The third kappa shape index (κ3) is 4.50. The molecule has 7 nitrogen and oxygen atoms in total. The number of fused-ring (bicyclic) bond motifs is 1. The number of urea groups is 1. The number of benzene rings is 1. The third-order valence-electron chi connectivity index (χ3n) is 5.14. The van der Waals surface area contributed by atoms with E-state index in [0.29, 0.717) is 41.5 Å². The Morgan fingerprint density at radius 1 is 1.17 bits per heavy atom. The lowest BCUT2D eigenvalue weighted by Crippen LogP contribution is -2.31. The standard InChI is InChI=1S/C22H28N4O3/c1-12(2)14-6-8-15(9-7-14)24-20(27)19-13(3)18-16(25-26-21(23)28)10-22(4,5)11-17(18)29-19/h6-9,12H,10-11H2,1-5H3,(H,24,27)(H3,23,26,28)/b25-16-. The second kappa shape index (κ2) is 7.73. The molecule has 0 saturated heterocycles. The summed E-state index contributed by atoms with van der Waals surface area (Å²) in [5.41, 5.74) is 11.4. The predicted molar refractivity (Wildman–Crippen MR) is 113 cm³/mol. The summed E-state index contributed by atoms with van der Waals surface area (Å²) >= 11 is 0. The van der Waals surface area contributed by atoms with Crippen LogP contribution in [0.3, 0.4) is 0 Å². The van der Waals surface area contributed by atoms with Crippen molar-refractivity contribution < 1.29 is 14.0 Å². The van der Waals surface area contributed by atoms with Crippen molar-refractivity contribution in [2.24, 2.45) is 16.3 Å². The van der Waals surface area contributed by atoms with Gasteiger partial charge in [-0.25, -0.2) is 10.2 Å². The topological polar surface area (TPSA) is 110 Å². The van der Waals surface area contributed by atoms with Gasteiger partial charge >= 0.3 is 6.03 Å². The minimum absolute atomic E-state index is 0.115. The summed E-state index contributed by atoms with van der Waals surface area (Å²) in [6.45, 7) is 10.3. The Morgan fingerprint density at radius 2 is 1.83 bits per heavy atom. The molecule has 0 spiro atoms. The Kier molecular flexibility index (Phi) is 5.50. The first kappa shape index (κ1) is 20.6. The summed E-state index contributed by atoms with van der Waals surface area (Å²) < 4.78 is 5.97. The molecule has 154 valence electrons. The highest BCUT2D eigenvalue weighted by molar-refractivity contribution is 6.09. The normalized spacial score (nSPS) is 16.6. The number of anilines is 1. The number of nitrogens with two attached hydrogens (primary N) is 1. The van der Waals surface area contributed by atoms with Crippen LogP contribution in [0.2, 0.25) is 0 Å². The molecule has 0 fully saturated rings. The van der Waals surface area contributed by atoms with Crippen molar-refractivity contribution in [3.63, 3.8) is 0 Å². The van der Waals surface area contributed by atoms with Crippen LogP contribution in [-0.2, 0) is 6.42 Å². The Hall–Kier alpha value is -3.09. The number of hydrazone groups is 1. The van der Waals surface area contributed by atoms with Crippen LogP contribution >= 0.6 is 0 Å². The second-order valence-corrected chi connectivity index (χ2v) is 8.64. The Morgan fingerprint density at radius 3 is 2.41 bits per heavy atom. The van der Waals surface area contributed by atoms with Gasteiger partial charge in [-0.15, -0.1) is 0 Å². The number of furan rings is 1. The van der Waals surface area contributed by atoms with E-state index in [-0.39, 0.29) is 17.1 Å². The van der Waals surface area contributed by atoms with Gasteiger partial charge in [0.25, 0.3) is 5.91 Å². The van der Waals surface area contributed by atoms with Gasteiger partial charge in [-0.3, -0.25) is 4.79 Å². The van der Waals surface area contributed by atoms with Crippen molar-refractivity contribution in [3.05, 3.63) is 52.5 Å². The molecule has 3 rings (SSSR count). The maximum atomic E-state index is 12.9. The highest BCUT2D eigenvalue weighted by Crippen LogP contribution is 2.39. The van der Waals surface area contributed by atoms with Crippen LogP contribution in [0.5, 0.6) is 0 Å². The van der Waals surface area contributed by atoms with Crippen LogP contribution < -0.4 is 16.5 Å². The smallest absolute Gasteiger partial charge is 0.332 e. The lowest BCUT2D eigenvalue weighted by Gasteiger charge is -2.29. The van der Waals surface area contributed by atoms with Gasteiger partial charge in [0.15, 0.2) is 5.76 Å². The molecule has 1 aliphatic carbocycles. The van der Waals surface area contributed by atoms with Gasteiger partial charge in [0, 0.05) is 23.2 Å². The third-order valence-corrected chi connectivity index (χ3v) is 5.14. The Labute approximate surface area is 170 Å². The SMILES string of the molecule is Cc1c(C(=O)Nc2ccc(C(C)C)cc2)oc2c1/C(=N\NC(N)=O)CC(C)(C)C2. The number of hydrogen-bond donors (Lipinski definition) is 3. The molecule has 3 amide bonds. The van der Waals surface area contributed by atoms with Crippen LogP contribution in [0.25, 0.3) is 0 Å².